The molecule has 0 saturated carbocycles. The number of carbonyl (C=O) groups is 1. The third-order valence-corrected chi connectivity index (χ3v) is 1.31. The summed E-state index contributed by atoms with van der Waals surface area (Å²) in [4.78, 5) is 10.2. The fourth-order valence-corrected chi connectivity index (χ4v) is 0.496. The van der Waals surface area contributed by atoms with Gasteiger partial charge in [-0.25, -0.2) is 4.79 Å². The minimum absolute atomic E-state index is 0. The molecule has 12 heavy (non-hydrogen) atoms. The molecule has 0 aromatic carbocycles. The van der Waals surface area contributed by atoms with Crippen molar-refractivity contribution in [2.45, 2.75) is 19.4 Å². The first kappa shape index (κ1) is 14.0. The summed E-state index contributed by atoms with van der Waals surface area (Å²) in [6.07, 6.45) is 1.12. The molecule has 0 aromatic rings. The fourth-order valence-electron chi connectivity index (χ4n) is 0.496. The van der Waals surface area contributed by atoms with Crippen LogP contribution in [0.15, 0.2) is 11.6 Å². The number of aliphatic hydroxyl groups is 1. The minimum atomic E-state index is -0.964. The van der Waals surface area contributed by atoms with Crippen molar-refractivity contribution in [1.29, 1.82) is 0 Å². The number of hydrogen-bond donors (Lipinski definition) is 3. The molecule has 0 aliphatic carbocycles. The summed E-state index contributed by atoms with van der Waals surface area (Å²) in [5, 5.41) is 17.3. The molecule has 72 valence electrons. The number of nitrogens with two attached hydrogens (primary N) is 1. The van der Waals surface area contributed by atoms with Gasteiger partial charge in [-0.2, -0.15) is 0 Å². The Balaban J connectivity index is 0. The molecule has 0 aliphatic heterocycles. The Morgan fingerprint density at radius 2 is 2.17 bits per heavy atom. The van der Waals surface area contributed by atoms with Gasteiger partial charge in [0, 0.05) is 12.1 Å². The second-order valence-corrected chi connectivity index (χ2v) is 2.32. The molecule has 0 rings (SSSR count). The van der Waals surface area contributed by atoms with E-state index in [1.165, 1.54) is 13.0 Å². The molecule has 5 heteroatoms. The van der Waals surface area contributed by atoms with Crippen molar-refractivity contribution in [3.8, 4) is 0 Å². The molecule has 0 fully saturated rings. The van der Waals surface area contributed by atoms with Crippen molar-refractivity contribution < 1.29 is 15.0 Å². The van der Waals surface area contributed by atoms with E-state index in [1.807, 2.05) is 0 Å². The smallest absolute Gasteiger partial charge is 0.330 e. The molecule has 0 spiro atoms. The number of rotatable bonds is 4. The zero-order valence-electron chi connectivity index (χ0n) is 6.86. The second-order valence-electron chi connectivity index (χ2n) is 2.32. The van der Waals surface area contributed by atoms with E-state index in [4.69, 9.17) is 15.9 Å². The predicted molar refractivity (Wildman–Crippen MR) is 48.3 cm³/mol. The Hall–Kier alpha value is -0.580. The molecular formula is C7H14ClNO3. The molecule has 4 nitrogen and oxygen atoms in total. The summed E-state index contributed by atoms with van der Waals surface area (Å²) in [6, 6.07) is 0. The van der Waals surface area contributed by atoms with Crippen LogP contribution in [-0.4, -0.2) is 28.8 Å². The maximum absolute atomic E-state index is 10.2. The molecule has 0 aromatic heterocycles. The van der Waals surface area contributed by atoms with Crippen molar-refractivity contribution in [2.75, 3.05) is 6.54 Å². The van der Waals surface area contributed by atoms with Crippen LogP contribution in [0.5, 0.6) is 0 Å². The van der Waals surface area contributed by atoms with Crippen LogP contribution in [0.25, 0.3) is 0 Å². The summed E-state index contributed by atoms with van der Waals surface area (Å²) >= 11 is 0. The Morgan fingerprint density at radius 1 is 1.67 bits per heavy atom. The monoisotopic (exact) mass is 195 g/mol. The highest BCUT2D eigenvalue weighted by atomic mass is 35.5. The third kappa shape index (κ3) is 6.15. The van der Waals surface area contributed by atoms with E-state index in [-0.39, 0.29) is 24.5 Å². The lowest BCUT2D eigenvalue weighted by Crippen LogP contribution is -2.18. The molecule has 0 saturated heterocycles. The van der Waals surface area contributed by atoms with Gasteiger partial charge in [0.1, 0.15) is 0 Å². The van der Waals surface area contributed by atoms with Gasteiger partial charge in [0.05, 0.1) is 6.10 Å². The van der Waals surface area contributed by atoms with Gasteiger partial charge >= 0.3 is 5.97 Å². The first-order chi connectivity index (χ1) is 5.07. The lowest BCUT2D eigenvalue weighted by Gasteiger charge is -2.02. The number of hydrogen-bond acceptors (Lipinski definition) is 3. The maximum atomic E-state index is 10.2. The highest BCUT2D eigenvalue weighted by molar-refractivity contribution is 5.85. The molecule has 4 N–H and O–H groups in total. The molecular weight excluding hydrogens is 182 g/mol. The zero-order valence-corrected chi connectivity index (χ0v) is 7.67. The topological polar surface area (TPSA) is 83.5 Å². The maximum Gasteiger partial charge on any atom is 0.330 e. The molecule has 1 unspecified atom stereocenters. The summed E-state index contributed by atoms with van der Waals surface area (Å²) in [5.74, 6) is -0.964. The molecule has 1 atom stereocenters. The number of carboxylic acids is 1. The molecule has 0 amide bonds. The molecule has 0 bridgehead atoms. The van der Waals surface area contributed by atoms with E-state index in [0.717, 1.165) is 0 Å². The Bertz CT molecular complexity index is 170. The SMILES string of the molecule is CC(=CCC(O)CN)C(=O)O.Cl. The third-order valence-electron chi connectivity index (χ3n) is 1.31. The summed E-state index contributed by atoms with van der Waals surface area (Å²) < 4.78 is 0. The van der Waals surface area contributed by atoms with Gasteiger partial charge in [0.2, 0.25) is 0 Å². The normalized spacial score (nSPS) is 13.4. The lowest BCUT2D eigenvalue weighted by atomic mass is 10.2. The van der Waals surface area contributed by atoms with Crippen LogP contribution in [-0.2, 0) is 4.79 Å². The number of aliphatic carboxylic acids is 1. The summed E-state index contributed by atoms with van der Waals surface area (Å²) in [5.41, 5.74) is 5.34. The highest BCUT2D eigenvalue weighted by Crippen LogP contribution is 1.97. The van der Waals surface area contributed by atoms with Gasteiger partial charge in [0.25, 0.3) is 0 Å². The van der Waals surface area contributed by atoms with Gasteiger partial charge in [-0.3, -0.25) is 0 Å². The van der Waals surface area contributed by atoms with E-state index >= 15 is 0 Å². The zero-order chi connectivity index (χ0) is 8.85. The van der Waals surface area contributed by atoms with Crippen LogP contribution in [0.2, 0.25) is 0 Å². The second kappa shape index (κ2) is 7.09. The highest BCUT2D eigenvalue weighted by Gasteiger charge is 2.01. The number of aliphatic hydroxyl groups excluding tert-OH is 1. The van der Waals surface area contributed by atoms with Crippen molar-refractivity contribution >= 4 is 18.4 Å². The van der Waals surface area contributed by atoms with Gasteiger partial charge in [-0.15, -0.1) is 12.4 Å². The molecule has 0 aliphatic rings. The van der Waals surface area contributed by atoms with Crippen molar-refractivity contribution in [3.05, 3.63) is 11.6 Å². The van der Waals surface area contributed by atoms with Crippen molar-refractivity contribution in [1.82, 2.24) is 0 Å². The van der Waals surface area contributed by atoms with Crippen LogP contribution < -0.4 is 5.73 Å². The van der Waals surface area contributed by atoms with Crippen molar-refractivity contribution in [2.24, 2.45) is 5.73 Å². The average molecular weight is 196 g/mol. The largest absolute Gasteiger partial charge is 0.478 e. The number of halogens is 1. The van der Waals surface area contributed by atoms with Crippen LogP contribution in [0.3, 0.4) is 0 Å². The van der Waals surface area contributed by atoms with E-state index in [1.54, 1.807) is 0 Å². The van der Waals surface area contributed by atoms with Gasteiger partial charge in [-0.1, -0.05) is 6.08 Å². The van der Waals surface area contributed by atoms with E-state index in [9.17, 15) is 4.79 Å². The summed E-state index contributed by atoms with van der Waals surface area (Å²) in [6.45, 7) is 1.63. The first-order valence-corrected chi connectivity index (χ1v) is 3.36. The predicted octanol–water partition coefficient (Wildman–Crippen LogP) is 0.149. The molecule has 0 radical (unpaired) electrons. The van der Waals surface area contributed by atoms with Gasteiger partial charge < -0.3 is 15.9 Å². The fraction of sp³-hybridized carbons (Fsp3) is 0.571. The Kier molecular flexibility index (Phi) is 8.26. The summed E-state index contributed by atoms with van der Waals surface area (Å²) in [7, 11) is 0. The Labute approximate surface area is 77.5 Å². The van der Waals surface area contributed by atoms with Crippen molar-refractivity contribution in [3.63, 3.8) is 0 Å². The quantitative estimate of drug-likeness (QED) is 0.558. The average Bonchev–Trinajstić information content (AvgIpc) is 1.99. The number of carboxylic acid groups (broad SMARTS) is 1. The molecule has 0 heterocycles. The standard InChI is InChI=1S/C7H13NO3.ClH/c1-5(7(10)11)2-3-6(9)4-8;/h2,6,9H,3-4,8H2,1H3,(H,10,11);1H. The minimum Gasteiger partial charge on any atom is -0.478 e. The van der Waals surface area contributed by atoms with Crippen LogP contribution >= 0.6 is 12.4 Å². The van der Waals surface area contributed by atoms with Crippen LogP contribution in [0.4, 0.5) is 0 Å². The van der Waals surface area contributed by atoms with E-state index in [0.29, 0.717) is 6.42 Å². The van der Waals surface area contributed by atoms with Crippen LogP contribution in [0, 0.1) is 0 Å². The Morgan fingerprint density at radius 3 is 2.50 bits per heavy atom. The van der Waals surface area contributed by atoms with E-state index in [2.05, 4.69) is 0 Å². The van der Waals surface area contributed by atoms with Gasteiger partial charge in [0.15, 0.2) is 0 Å². The van der Waals surface area contributed by atoms with Crippen LogP contribution in [0.1, 0.15) is 13.3 Å². The van der Waals surface area contributed by atoms with Gasteiger partial charge in [-0.05, 0) is 13.3 Å². The van der Waals surface area contributed by atoms with E-state index < -0.39 is 12.1 Å². The lowest BCUT2D eigenvalue weighted by molar-refractivity contribution is -0.132. The first-order valence-electron chi connectivity index (χ1n) is 3.36.